The Morgan fingerprint density at radius 3 is 3.08 bits per heavy atom. The molecule has 1 aliphatic rings. The molecule has 2 rings (SSSR count). The molecule has 0 radical (unpaired) electrons. The van der Waals surface area contributed by atoms with Crippen LogP contribution in [0.5, 0.6) is 11.5 Å². The number of aromatic hydroxyl groups is 1. The summed E-state index contributed by atoms with van der Waals surface area (Å²) in [5, 5.41) is 12.2. The van der Waals surface area contributed by atoms with Crippen molar-refractivity contribution in [2.75, 3.05) is 11.9 Å². The van der Waals surface area contributed by atoms with Crippen molar-refractivity contribution in [3.63, 3.8) is 0 Å². The van der Waals surface area contributed by atoms with E-state index in [1.165, 1.54) is 12.1 Å². The van der Waals surface area contributed by atoms with Crippen LogP contribution in [0.3, 0.4) is 0 Å². The Kier molecular flexibility index (Phi) is 1.77. The van der Waals surface area contributed by atoms with Crippen LogP contribution in [-0.4, -0.2) is 17.6 Å². The number of hydrogen-bond acceptors (Lipinski definition) is 3. The van der Waals surface area contributed by atoms with Crippen LogP contribution in [0.25, 0.3) is 0 Å². The number of phenolic OH excluding ortho intramolecular Hbond substituents is 1. The van der Waals surface area contributed by atoms with Gasteiger partial charge >= 0.3 is 0 Å². The SMILES string of the molecule is O=C1COc2c(O)ccc(Cl)c2N1. The first-order chi connectivity index (χ1) is 6.18. The average molecular weight is 200 g/mol. The quantitative estimate of drug-likeness (QED) is 0.664. The summed E-state index contributed by atoms with van der Waals surface area (Å²) in [6.07, 6.45) is 0. The topological polar surface area (TPSA) is 58.6 Å². The van der Waals surface area contributed by atoms with Crippen LogP contribution >= 0.6 is 11.6 Å². The zero-order valence-electron chi connectivity index (χ0n) is 6.50. The lowest BCUT2D eigenvalue weighted by Crippen LogP contribution is -2.25. The van der Waals surface area contributed by atoms with Crippen molar-refractivity contribution in [2.24, 2.45) is 0 Å². The highest BCUT2D eigenvalue weighted by Gasteiger charge is 2.21. The van der Waals surface area contributed by atoms with Crippen LogP contribution in [0.2, 0.25) is 5.02 Å². The lowest BCUT2D eigenvalue weighted by molar-refractivity contribution is -0.118. The molecule has 1 aromatic carbocycles. The zero-order valence-corrected chi connectivity index (χ0v) is 7.26. The van der Waals surface area contributed by atoms with Crippen molar-refractivity contribution in [2.45, 2.75) is 0 Å². The van der Waals surface area contributed by atoms with Crippen LogP contribution < -0.4 is 10.1 Å². The van der Waals surface area contributed by atoms with Gasteiger partial charge in [0, 0.05) is 0 Å². The van der Waals surface area contributed by atoms with Crippen molar-refractivity contribution in [1.29, 1.82) is 0 Å². The Morgan fingerprint density at radius 1 is 1.54 bits per heavy atom. The van der Waals surface area contributed by atoms with E-state index in [-0.39, 0.29) is 24.0 Å². The molecule has 0 bridgehead atoms. The van der Waals surface area contributed by atoms with Gasteiger partial charge in [-0.3, -0.25) is 4.79 Å². The van der Waals surface area contributed by atoms with Gasteiger partial charge in [-0.05, 0) is 12.1 Å². The average Bonchev–Trinajstić information content (AvgIpc) is 2.12. The second kappa shape index (κ2) is 2.81. The van der Waals surface area contributed by atoms with E-state index in [1.54, 1.807) is 0 Å². The van der Waals surface area contributed by atoms with Gasteiger partial charge in [0.25, 0.3) is 5.91 Å². The molecule has 68 valence electrons. The van der Waals surface area contributed by atoms with Crippen molar-refractivity contribution < 1.29 is 14.6 Å². The molecule has 1 aromatic rings. The van der Waals surface area contributed by atoms with Crippen molar-refractivity contribution in [3.05, 3.63) is 17.2 Å². The van der Waals surface area contributed by atoms with Crippen LogP contribution in [0.1, 0.15) is 0 Å². The predicted octanol–water partition coefficient (Wildman–Crippen LogP) is 1.38. The maximum Gasteiger partial charge on any atom is 0.262 e. The van der Waals surface area contributed by atoms with Gasteiger partial charge in [-0.25, -0.2) is 0 Å². The molecule has 0 aliphatic carbocycles. The van der Waals surface area contributed by atoms with Crippen LogP contribution in [0.4, 0.5) is 5.69 Å². The summed E-state index contributed by atoms with van der Waals surface area (Å²) in [4.78, 5) is 10.9. The minimum atomic E-state index is -0.278. The lowest BCUT2D eigenvalue weighted by atomic mass is 10.2. The number of hydrogen-bond donors (Lipinski definition) is 2. The van der Waals surface area contributed by atoms with Crippen molar-refractivity contribution >= 4 is 23.2 Å². The molecule has 1 amide bonds. The van der Waals surface area contributed by atoms with Gasteiger partial charge in [-0.2, -0.15) is 0 Å². The first kappa shape index (κ1) is 8.19. The maximum atomic E-state index is 10.9. The minimum Gasteiger partial charge on any atom is -0.504 e. The van der Waals surface area contributed by atoms with Gasteiger partial charge in [0.2, 0.25) is 0 Å². The molecule has 0 fully saturated rings. The fourth-order valence-electron chi connectivity index (χ4n) is 1.12. The van der Waals surface area contributed by atoms with E-state index in [0.717, 1.165) is 0 Å². The zero-order chi connectivity index (χ0) is 9.42. The third-order valence-electron chi connectivity index (χ3n) is 1.70. The fourth-order valence-corrected chi connectivity index (χ4v) is 1.32. The second-order valence-corrected chi connectivity index (χ2v) is 3.01. The summed E-state index contributed by atoms with van der Waals surface area (Å²) < 4.78 is 5.00. The Hall–Kier alpha value is -1.42. The molecule has 0 aromatic heterocycles. The maximum absolute atomic E-state index is 10.9. The monoisotopic (exact) mass is 199 g/mol. The predicted molar refractivity (Wildman–Crippen MR) is 47.2 cm³/mol. The molecule has 1 aliphatic heterocycles. The van der Waals surface area contributed by atoms with Gasteiger partial charge in [0.05, 0.1) is 5.02 Å². The number of carbonyl (C=O) groups excluding carboxylic acids is 1. The molecule has 5 heteroatoms. The number of halogens is 1. The van der Waals surface area contributed by atoms with Crippen LogP contribution in [-0.2, 0) is 4.79 Å². The molecule has 1 heterocycles. The highest BCUT2D eigenvalue weighted by molar-refractivity contribution is 6.34. The third kappa shape index (κ3) is 1.29. The molecule has 13 heavy (non-hydrogen) atoms. The number of benzene rings is 1. The summed E-state index contributed by atoms with van der Waals surface area (Å²) in [7, 11) is 0. The number of fused-ring (bicyclic) bond motifs is 1. The Morgan fingerprint density at radius 2 is 2.31 bits per heavy atom. The Bertz CT molecular complexity index is 378. The molecule has 2 N–H and O–H groups in total. The van der Waals surface area contributed by atoms with Crippen LogP contribution in [0.15, 0.2) is 12.1 Å². The number of rotatable bonds is 0. The molecule has 0 atom stereocenters. The van der Waals surface area contributed by atoms with Gasteiger partial charge in [0.1, 0.15) is 5.69 Å². The van der Waals surface area contributed by atoms with E-state index in [2.05, 4.69) is 5.32 Å². The number of anilines is 1. The Balaban J connectivity index is 2.57. The smallest absolute Gasteiger partial charge is 0.262 e. The molecule has 0 unspecified atom stereocenters. The van der Waals surface area contributed by atoms with E-state index in [4.69, 9.17) is 16.3 Å². The molecular formula is C8H6ClNO3. The van der Waals surface area contributed by atoms with Gasteiger partial charge in [-0.1, -0.05) is 11.6 Å². The van der Waals surface area contributed by atoms with Crippen molar-refractivity contribution in [1.82, 2.24) is 0 Å². The first-order valence-electron chi connectivity index (χ1n) is 3.62. The third-order valence-corrected chi connectivity index (χ3v) is 2.01. The summed E-state index contributed by atoms with van der Waals surface area (Å²) in [5.41, 5.74) is 0.331. The summed E-state index contributed by atoms with van der Waals surface area (Å²) in [6.45, 7) is -0.0963. The number of carbonyl (C=O) groups is 1. The largest absolute Gasteiger partial charge is 0.504 e. The van der Waals surface area contributed by atoms with Crippen molar-refractivity contribution in [3.8, 4) is 11.5 Å². The highest BCUT2D eigenvalue weighted by atomic mass is 35.5. The summed E-state index contributed by atoms with van der Waals surface area (Å²) in [5.74, 6) is -0.0773. The Labute approximate surface area is 79.1 Å². The minimum absolute atomic E-state index is 0.0283. The van der Waals surface area contributed by atoms with E-state index in [9.17, 15) is 9.90 Å². The molecule has 0 saturated carbocycles. The van der Waals surface area contributed by atoms with Gasteiger partial charge in [-0.15, -0.1) is 0 Å². The summed E-state index contributed by atoms with van der Waals surface area (Å²) >= 11 is 5.77. The van der Waals surface area contributed by atoms with Gasteiger partial charge in [0.15, 0.2) is 18.1 Å². The number of nitrogens with one attached hydrogen (secondary N) is 1. The highest BCUT2D eigenvalue weighted by Crippen LogP contribution is 2.41. The first-order valence-corrected chi connectivity index (χ1v) is 4.00. The lowest BCUT2D eigenvalue weighted by Gasteiger charge is -2.19. The standard InChI is InChI=1S/C8H6ClNO3/c9-4-1-2-5(11)8-7(4)10-6(12)3-13-8/h1-2,11H,3H2,(H,10,12). The second-order valence-electron chi connectivity index (χ2n) is 2.61. The molecular weight excluding hydrogens is 194 g/mol. The number of amides is 1. The molecule has 4 nitrogen and oxygen atoms in total. The van der Waals surface area contributed by atoms with E-state index >= 15 is 0 Å². The van der Waals surface area contributed by atoms with E-state index in [0.29, 0.717) is 10.7 Å². The molecule has 0 spiro atoms. The van der Waals surface area contributed by atoms with Crippen LogP contribution in [0, 0.1) is 0 Å². The normalized spacial score (nSPS) is 14.4. The fraction of sp³-hybridized carbons (Fsp3) is 0.125. The van der Waals surface area contributed by atoms with E-state index < -0.39 is 0 Å². The van der Waals surface area contributed by atoms with Gasteiger partial charge < -0.3 is 15.2 Å². The number of phenols is 1. The summed E-state index contributed by atoms with van der Waals surface area (Å²) in [6, 6.07) is 2.91. The van der Waals surface area contributed by atoms with E-state index in [1.807, 2.05) is 0 Å². The molecule has 0 saturated heterocycles. The number of ether oxygens (including phenoxy) is 1.